The molecule has 0 radical (unpaired) electrons. The van der Waals surface area contributed by atoms with E-state index in [0.29, 0.717) is 29.3 Å². The van der Waals surface area contributed by atoms with Gasteiger partial charge in [0.15, 0.2) is 0 Å². The highest BCUT2D eigenvalue weighted by molar-refractivity contribution is 8.00. The summed E-state index contributed by atoms with van der Waals surface area (Å²) in [5.41, 5.74) is 0.988. The molecule has 118 valence electrons. The van der Waals surface area contributed by atoms with Crippen LogP contribution in [0.4, 0.5) is 0 Å². The standard InChI is InChI=1S/C15H24N2O2S2/c1-12(2)16-10-13-5-3-7-15(9-13)21(18,19)17-11-14-6-4-8-20-14/h3,5,7,9,12,14,16-17H,4,6,8,10-11H2,1-2H3. The summed E-state index contributed by atoms with van der Waals surface area (Å²) >= 11 is 1.86. The van der Waals surface area contributed by atoms with Crippen LogP contribution in [0.5, 0.6) is 0 Å². The van der Waals surface area contributed by atoms with Crippen molar-refractivity contribution in [1.82, 2.24) is 10.0 Å². The summed E-state index contributed by atoms with van der Waals surface area (Å²) in [5.74, 6) is 1.14. The lowest BCUT2D eigenvalue weighted by atomic mass is 10.2. The third kappa shape index (κ3) is 5.29. The smallest absolute Gasteiger partial charge is 0.240 e. The zero-order valence-electron chi connectivity index (χ0n) is 12.6. The van der Waals surface area contributed by atoms with E-state index in [1.807, 2.05) is 17.8 Å². The molecule has 0 bridgehead atoms. The molecule has 21 heavy (non-hydrogen) atoms. The molecule has 1 heterocycles. The van der Waals surface area contributed by atoms with Crippen molar-refractivity contribution in [3.8, 4) is 0 Å². The highest BCUT2D eigenvalue weighted by Gasteiger charge is 2.20. The number of hydrogen-bond donors (Lipinski definition) is 2. The number of benzene rings is 1. The van der Waals surface area contributed by atoms with Gasteiger partial charge in [0.25, 0.3) is 0 Å². The fourth-order valence-corrected chi connectivity index (χ4v) is 4.69. The van der Waals surface area contributed by atoms with E-state index in [0.717, 1.165) is 17.7 Å². The molecule has 0 saturated carbocycles. The number of hydrogen-bond acceptors (Lipinski definition) is 4. The Bertz CT molecular complexity index is 553. The number of nitrogens with one attached hydrogen (secondary N) is 2. The summed E-state index contributed by atoms with van der Waals surface area (Å²) in [6.45, 7) is 5.35. The summed E-state index contributed by atoms with van der Waals surface area (Å²) in [6.07, 6.45) is 2.29. The van der Waals surface area contributed by atoms with Gasteiger partial charge in [-0.1, -0.05) is 26.0 Å². The summed E-state index contributed by atoms with van der Waals surface area (Å²) in [6, 6.07) is 7.53. The first-order valence-electron chi connectivity index (χ1n) is 7.41. The zero-order chi connectivity index (χ0) is 15.3. The predicted octanol–water partition coefficient (Wildman–Crippen LogP) is 2.36. The molecule has 2 N–H and O–H groups in total. The Labute approximate surface area is 132 Å². The second-order valence-corrected chi connectivity index (χ2v) is 8.85. The maximum absolute atomic E-state index is 12.3. The maximum atomic E-state index is 12.3. The SMILES string of the molecule is CC(C)NCc1cccc(S(=O)(=O)NCC2CCCS2)c1. The molecule has 6 heteroatoms. The molecule has 0 aliphatic carbocycles. The Morgan fingerprint density at radius 2 is 2.19 bits per heavy atom. The molecule has 1 aromatic rings. The predicted molar refractivity (Wildman–Crippen MR) is 89.1 cm³/mol. The van der Waals surface area contributed by atoms with Gasteiger partial charge in [0.2, 0.25) is 10.0 Å². The van der Waals surface area contributed by atoms with Crippen molar-refractivity contribution >= 4 is 21.8 Å². The maximum Gasteiger partial charge on any atom is 0.240 e. The topological polar surface area (TPSA) is 58.2 Å². The molecule has 2 rings (SSSR count). The van der Waals surface area contributed by atoms with Crippen LogP contribution in [0.3, 0.4) is 0 Å². The van der Waals surface area contributed by atoms with Crippen LogP contribution in [0.15, 0.2) is 29.2 Å². The van der Waals surface area contributed by atoms with E-state index in [2.05, 4.69) is 23.9 Å². The molecule has 1 atom stereocenters. The van der Waals surface area contributed by atoms with Gasteiger partial charge in [-0.15, -0.1) is 0 Å². The Kier molecular flexibility index (Phi) is 6.10. The molecule has 1 unspecified atom stereocenters. The molecule has 4 nitrogen and oxygen atoms in total. The van der Waals surface area contributed by atoms with E-state index >= 15 is 0 Å². The first kappa shape index (κ1) is 16.8. The van der Waals surface area contributed by atoms with Gasteiger partial charge in [-0.2, -0.15) is 11.8 Å². The average molecular weight is 329 g/mol. The van der Waals surface area contributed by atoms with Crippen molar-refractivity contribution in [3.05, 3.63) is 29.8 Å². The Morgan fingerprint density at radius 3 is 2.86 bits per heavy atom. The molecule has 1 aliphatic rings. The fraction of sp³-hybridized carbons (Fsp3) is 0.600. The fourth-order valence-electron chi connectivity index (χ4n) is 2.24. The van der Waals surface area contributed by atoms with Crippen molar-refractivity contribution in [2.24, 2.45) is 0 Å². The molecule has 1 aliphatic heterocycles. The average Bonchev–Trinajstić information content (AvgIpc) is 2.97. The highest BCUT2D eigenvalue weighted by atomic mass is 32.2. The molecular formula is C15H24N2O2S2. The van der Waals surface area contributed by atoms with Crippen molar-refractivity contribution in [1.29, 1.82) is 0 Å². The van der Waals surface area contributed by atoms with Gasteiger partial charge in [-0.3, -0.25) is 0 Å². The Morgan fingerprint density at radius 1 is 1.38 bits per heavy atom. The summed E-state index contributed by atoms with van der Waals surface area (Å²) in [5, 5.41) is 3.72. The van der Waals surface area contributed by atoms with Gasteiger partial charge in [-0.25, -0.2) is 13.1 Å². The quantitative estimate of drug-likeness (QED) is 0.807. The van der Waals surface area contributed by atoms with Crippen LogP contribution in [0.1, 0.15) is 32.3 Å². The normalized spacial score (nSPS) is 19.3. The zero-order valence-corrected chi connectivity index (χ0v) is 14.3. The monoisotopic (exact) mass is 328 g/mol. The summed E-state index contributed by atoms with van der Waals surface area (Å²) in [4.78, 5) is 0.355. The van der Waals surface area contributed by atoms with Crippen LogP contribution in [0, 0.1) is 0 Å². The molecular weight excluding hydrogens is 304 g/mol. The van der Waals surface area contributed by atoms with Crippen LogP contribution >= 0.6 is 11.8 Å². The molecule has 0 aromatic heterocycles. The Hall–Kier alpha value is -0.560. The van der Waals surface area contributed by atoms with Crippen molar-refractivity contribution in [2.45, 2.75) is 49.4 Å². The van der Waals surface area contributed by atoms with E-state index in [4.69, 9.17) is 0 Å². The first-order valence-corrected chi connectivity index (χ1v) is 9.94. The van der Waals surface area contributed by atoms with Crippen LogP contribution in [0.2, 0.25) is 0 Å². The number of rotatable bonds is 7. The minimum Gasteiger partial charge on any atom is -0.310 e. The van der Waals surface area contributed by atoms with Crippen molar-refractivity contribution in [3.63, 3.8) is 0 Å². The molecule has 1 saturated heterocycles. The van der Waals surface area contributed by atoms with Gasteiger partial charge in [0.1, 0.15) is 0 Å². The van der Waals surface area contributed by atoms with E-state index in [-0.39, 0.29) is 0 Å². The third-order valence-corrected chi connectivity index (χ3v) is 6.27. The lowest BCUT2D eigenvalue weighted by Crippen LogP contribution is -2.30. The van der Waals surface area contributed by atoms with Crippen LogP contribution < -0.4 is 10.0 Å². The van der Waals surface area contributed by atoms with Crippen LogP contribution in [-0.4, -0.2) is 32.0 Å². The van der Waals surface area contributed by atoms with Crippen LogP contribution in [0.25, 0.3) is 0 Å². The lowest BCUT2D eigenvalue weighted by Gasteiger charge is -2.12. The Balaban J connectivity index is 1.99. The third-order valence-electron chi connectivity index (χ3n) is 3.45. The molecule has 0 spiro atoms. The lowest BCUT2D eigenvalue weighted by molar-refractivity contribution is 0.577. The molecule has 1 aromatic carbocycles. The summed E-state index contributed by atoms with van der Waals surface area (Å²) < 4.78 is 27.4. The van der Waals surface area contributed by atoms with Gasteiger partial charge < -0.3 is 5.32 Å². The van der Waals surface area contributed by atoms with Crippen molar-refractivity contribution in [2.75, 3.05) is 12.3 Å². The second kappa shape index (κ2) is 7.63. The van der Waals surface area contributed by atoms with E-state index in [1.54, 1.807) is 18.2 Å². The molecule has 0 amide bonds. The van der Waals surface area contributed by atoms with Crippen molar-refractivity contribution < 1.29 is 8.42 Å². The second-order valence-electron chi connectivity index (χ2n) is 5.67. The number of thioether (sulfide) groups is 1. The van der Waals surface area contributed by atoms with E-state index in [1.165, 1.54) is 6.42 Å². The van der Waals surface area contributed by atoms with Gasteiger partial charge in [0.05, 0.1) is 4.90 Å². The van der Waals surface area contributed by atoms with Gasteiger partial charge in [0, 0.05) is 24.4 Å². The van der Waals surface area contributed by atoms with E-state index in [9.17, 15) is 8.42 Å². The minimum atomic E-state index is -3.40. The largest absolute Gasteiger partial charge is 0.310 e. The van der Waals surface area contributed by atoms with Gasteiger partial charge in [-0.05, 0) is 36.3 Å². The minimum absolute atomic E-state index is 0.355. The number of sulfonamides is 1. The summed E-state index contributed by atoms with van der Waals surface area (Å²) in [7, 11) is -3.40. The molecule has 1 fully saturated rings. The van der Waals surface area contributed by atoms with Gasteiger partial charge >= 0.3 is 0 Å². The van der Waals surface area contributed by atoms with Crippen LogP contribution in [-0.2, 0) is 16.6 Å². The highest BCUT2D eigenvalue weighted by Crippen LogP contribution is 2.25. The first-order chi connectivity index (χ1) is 9.97. The van der Waals surface area contributed by atoms with E-state index < -0.39 is 10.0 Å².